The molecule has 0 spiro atoms. The molecule has 0 aliphatic heterocycles. The van der Waals surface area contributed by atoms with Crippen molar-refractivity contribution in [3.8, 4) is 5.75 Å². The minimum atomic E-state index is 0.891. The highest BCUT2D eigenvalue weighted by atomic mass is 16.5. The van der Waals surface area contributed by atoms with Crippen molar-refractivity contribution in [1.29, 1.82) is 0 Å². The molecular weight excluding hydrogens is 258 g/mol. The molecular formula is C19H18NO+. The number of hydrogen-bond acceptors (Lipinski definition) is 1. The lowest BCUT2D eigenvalue weighted by atomic mass is 10.1. The summed E-state index contributed by atoms with van der Waals surface area (Å²) in [6.07, 6.45) is 8.40. The number of methoxy groups -OCH3 is 1. The molecule has 2 aromatic carbocycles. The predicted octanol–water partition coefficient (Wildman–Crippen LogP) is 3.84. The molecule has 3 rings (SSSR count). The van der Waals surface area contributed by atoms with Crippen molar-refractivity contribution in [1.82, 2.24) is 0 Å². The van der Waals surface area contributed by atoms with Crippen molar-refractivity contribution in [2.45, 2.75) is 0 Å². The zero-order chi connectivity index (χ0) is 14.7. The Morgan fingerprint density at radius 1 is 0.905 bits per heavy atom. The zero-order valence-electron chi connectivity index (χ0n) is 12.3. The molecule has 21 heavy (non-hydrogen) atoms. The Bertz CT molecular complexity index is 806. The number of nitrogens with zero attached hydrogens (tertiary/aromatic N) is 1. The highest BCUT2D eigenvalue weighted by Gasteiger charge is 1.98. The SMILES string of the molecule is COc1ccc2cc(/C=C/c3ccc[n+](C)c3)ccc2c1. The second-order valence-electron chi connectivity index (χ2n) is 5.11. The quantitative estimate of drug-likeness (QED) is 0.662. The van der Waals surface area contributed by atoms with Crippen LogP contribution in [0.3, 0.4) is 0 Å². The fourth-order valence-electron chi connectivity index (χ4n) is 2.38. The van der Waals surface area contributed by atoms with Gasteiger partial charge in [-0.2, -0.15) is 0 Å². The van der Waals surface area contributed by atoms with Crippen molar-refractivity contribution in [2.75, 3.05) is 7.11 Å². The summed E-state index contributed by atoms with van der Waals surface area (Å²) in [7, 11) is 3.72. The molecule has 0 amide bonds. The average Bonchev–Trinajstić information content (AvgIpc) is 2.52. The normalized spacial score (nSPS) is 11.1. The Hall–Kier alpha value is -2.61. The van der Waals surface area contributed by atoms with E-state index in [2.05, 4.69) is 54.7 Å². The van der Waals surface area contributed by atoms with Gasteiger partial charge in [-0.3, -0.25) is 0 Å². The first-order chi connectivity index (χ1) is 10.2. The van der Waals surface area contributed by atoms with Crippen LogP contribution in [0.5, 0.6) is 5.75 Å². The fraction of sp³-hybridized carbons (Fsp3) is 0.105. The number of aryl methyl sites for hydroxylation is 1. The molecule has 0 atom stereocenters. The number of pyridine rings is 1. The van der Waals surface area contributed by atoms with Gasteiger partial charge in [-0.15, -0.1) is 0 Å². The van der Waals surface area contributed by atoms with Gasteiger partial charge in [0.15, 0.2) is 12.4 Å². The Balaban J connectivity index is 1.91. The van der Waals surface area contributed by atoms with Gasteiger partial charge >= 0.3 is 0 Å². The van der Waals surface area contributed by atoms with Crippen LogP contribution in [0.2, 0.25) is 0 Å². The van der Waals surface area contributed by atoms with Crippen molar-refractivity contribution in [3.05, 3.63) is 72.1 Å². The summed E-state index contributed by atoms with van der Waals surface area (Å²) in [6.45, 7) is 0. The maximum atomic E-state index is 5.25. The fourth-order valence-corrected chi connectivity index (χ4v) is 2.38. The Kier molecular flexibility index (Phi) is 3.69. The Labute approximate surface area is 124 Å². The van der Waals surface area contributed by atoms with Gasteiger partial charge in [0, 0.05) is 11.6 Å². The topological polar surface area (TPSA) is 13.1 Å². The van der Waals surface area contributed by atoms with Gasteiger partial charge in [-0.25, -0.2) is 4.57 Å². The number of ether oxygens (including phenoxy) is 1. The summed E-state index contributed by atoms with van der Waals surface area (Å²) in [5.41, 5.74) is 2.38. The van der Waals surface area contributed by atoms with Gasteiger partial charge in [0.2, 0.25) is 0 Å². The van der Waals surface area contributed by atoms with Crippen molar-refractivity contribution in [2.24, 2.45) is 7.05 Å². The third kappa shape index (κ3) is 3.11. The second-order valence-corrected chi connectivity index (χ2v) is 5.11. The van der Waals surface area contributed by atoms with E-state index >= 15 is 0 Å². The van der Waals surface area contributed by atoms with Crippen LogP contribution < -0.4 is 9.30 Å². The van der Waals surface area contributed by atoms with Gasteiger partial charge in [0.25, 0.3) is 0 Å². The first-order valence-corrected chi connectivity index (χ1v) is 6.96. The summed E-state index contributed by atoms with van der Waals surface area (Å²) in [5.74, 6) is 0.891. The number of hydrogen-bond donors (Lipinski definition) is 0. The third-order valence-corrected chi connectivity index (χ3v) is 3.50. The van der Waals surface area contributed by atoms with Gasteiger partial charge in [-0.1, -0.05) is 24.3 Å². The predicted molar refractivity (Wildman–Crippen MR) is 87.0 cm³/mol. The minimum absolute atomic E-state index is 0.891. The minimum Gasteiger partial charge on any atom is -0.497 e. The van der Waals surface area contributed by atoms with Crippen molar-refractivity contribution >= 4 is 22.9 Å². The van der Waals surface area contributed by atoms with Crippen LogP contribution in [-0.4, -0.2) is 7.11 Å². The molecule has 2 nitrogen and oxygen atoms in total. The van der Waals surface area contributed by atoms with E-state index in [0.717, 1.165) is 5.75 Å². The van der Waals surface area contributed by atoms with Crippen LogP contribution in [0, 0.1) is 0 Å². The third-order valence-electron chi connectivity index (χ3n) is 3.50. The van der Waals surface area contributed by atoms with Crippen molar-refractivity contribution < 1.29 is 9.30 Å². The molecule has 0 fully saturated rings. The molecule has 0 saturated carbocycles. The first kappa shape index (κ1) is 13.4. The zero-order valence-corrected chi connectivity index (χ0v) is 12.3. The Morgan fingerprint density at radius 2 is 1.67 bits per heavy atom. The number of benzene rings is 2. The van der Waals surface area contributed by atoms with Crippen LogP contribution in [-0.2, 0) is 7.05 Å². The lowest BCUT2D eigenvalue weighted by molar-refractivity contribution is -0.671. The molecule has 0 saturated heterocycles. The maximum absolute atomic E-state index is 5.25. The smallest absolute Gasteiger partial charge is 0.175 e. The molecule has 0 bridgehead atoms. The summed E-state index contributed by atoms with van der Waals surface area (Å²) < 4.78 is 7.30. The van der Waals surface area contributed by atoms with E-state index in [0.29, 0.717) is 0 Å². The second kappa shape index (κ2) is 5.80. The Morgan fingerprint density at radius 3 is 2.48 bits per heavy atom. The van der Waals surface area contributed by atoms with Gasteiger partial charge in [0.1, 0.15) is 12.8 Å². The van der Waals surface area contributed by atoms with Gasteiger partial charge in [0.05, 0.1) is 7.11 Å². The largest absolute Gasteiger partial charge is 0.497 e. The summed E-state index contributed by atoms with van der Waals surface area (Å²) in [4.78, 5) is 0. The van der Waals surface area contributed by atoms with Crippen LogP contribution in [0.4, 0.5) is 0 Å². The molecule has 0 unspecified atom stereocenters. The van der Waals surface area contributed by atoms with Crippen LogP contribution in [0.15, 0.2) is 60.9 Å². The molecule has 3 aromatic rings. The van der Waals surface area contributed by atoms with E-state index in [1.807, 2.05) is 29.9 Å². The summed E-state index contributed by atoms with van der Waals surface area (Å²) in [6, 6.07) is 16.7. The lowest BCUT2D eigenvalue weighted by Crippen LogP contribution is -2.26. The van der Waals surface area contributed by atoms with E-state index < -0.39 is 0 Å². The molecule has 0 aliphatic rings. The summed E-state index contributed by atoms with van der Waals surface area (Å²) in [5, 5.41) is 2.41. The number of aromatic nitrogens is 1. The molecule has 104 valence electrons. The molecule has 1 heterocycles. The van der Waals surface area contributed by atoms with E-state index in [9.17, 15) is 0 Å². The molecule has 0 radical (unpaired) electrons. The van der Waals surface area contributed by atoms with Crippen LogP contribution in [0.1, 0.15) is 11.1 Å². The molecule has 2 heteroatoms. The van der Waals surface area contributed by atoms with Crippen LogP contribution >= 0.6 is 0 Å². The standard InChI is InChI=1S/C19H18NO/c1-20-11-3-4-16(14-20)6-5-15-7-8-18-13-19(21-2)10-9-17(18)12-15/h3-14H,1-2H3/q+1/b6-5+. The monoisotopic (exact) mass is 276 g/mol. The van der Waals surface area contributed by atoms with E-state index in [-0.39, 0.29) is 0 Å². The van der Waals surface area contributed by atoms with Crippen molar-refractivity contribution in [3.63, 3.8) is 0 Å². The first-order valence-electron chi connectivity index (χ1n) is 6.96. The number of rotatable bonds is 3. The van der Waals surface area contributed by atoms with Crippen LogP contribution in [0.25, 0.3) is 22.9 Å². The maximum Gasteiger partial charge on any atom is 0.175 e. The van der Waals surface area contributed by atoms with Gasteiger partial charge < -0.3 is 4.74 Å². The molecule has 1 aromatic heterocycles. The highest BCUT2D eigenvalue weighted by molar-refractivity contribution is 5.87. The van der Waals surface area contributed by atoms with Gasteiger partial charge in [-0.05, 0) is 46.7 Å². The molecule has 0 aliphatic carbocycles. The van der Waals surface area contributed by atoms with E-state index in [4.69, 9.17) is 4.74 Å². The highest BCUT2D eigenvalue weighted by Crippen LogP contribution is 2.22. The van der Waals surface area contributed by atoms with E-state index in [1.54, 1.807) is 7.11 Å². The van der Waals surface area contributed by atoms with E-state index in [1.165, 1.54) is 21.9 Å². The average molecular weight is 276 g/mol. The summed E-state index contributed by atoms with van der Waals surface area (Å²) >= 11 is 0. The lowest BCUT2D eigenvalue weighted by Gasteiger charge is -2.03. The number of fused-ring (bicyclic) bond motifs is 1. The molecule has 0 N–H and O–H groups in total.